The Morgan fingerprint density at radius 1 is 1.50 bits per heavy atom. The number of nitrogens with two attached hydrogens (primary N) is 1. The van der Waals surface area contributed by atoms with Crippen LogP contribution in [0.15, 0.2) is 0 Å². The van der Waals surface area contributed by atoms with Crippen molar-refractivity contribution < 1.29 is 4.74 Å². The smallest absolute Gasteiger partial charge is 0.169 e. The zero-order valence-corrected chi connectivity index (χ0v) is 10.2. The molecule has 2 N–H and O–H groups in total. The zero-order chi connectivity index (χ0) is 11.8. The summed E-state index contributed by atoms with van der Waals surface area (Å²) in [5.74, 6) is 0.533. The molecule has 0 spiro atoms. The first-order chi connectivity index (χ1) is 7.48. The van der Waals surface area contributed by atoms with Gasteiger partial charge in [-0.25, -0.2) is 4.68 Å². The molecule has 1 aromatic heterocycles. The van der Waals surface area contributed by atoms with Crippen LogP contribution in [0, 0.1) is 0 Å². The Kier molecular flexibility index (Phi) is 2.88. The standard InChI is InChI=1S/C11H20N4O/c1-11(2,3)9-10(12)13-14-15(9)7-8-5-4-6-16-8/h8H,4-7,12H2,1-3H3. The second kappa shape index (κ2) is 4.05. The molecule has 1 aliphatic heterocycles. The van der Waals surface area contributed by atoms with Crippen LogP contribution in [0.2, 0.25) is 0 Å². The molecular weight excluding hydrogens is 204 g/mol. The maximum Gasteiger partial charge on any atom is 0.169 e. The molecule has 0 saturated carbocycles. The molecule has 5 nitrogen and oxygen atoms in total. The van der Waals surface area contributed by atoms with Gasteiger partial charge < -0.3 is 10.5 Å². The van der Waals surface area contributed by atoms with Crippen molar-refractivity contribution in [3.05, 3.63) is 5.69 Å². The lowest BCUT2D eigenvalue weighted by molar-refractivity contribution is 0.0920. The van der Waals surface area contributed by atoms with E-state index in [9.17, 15) is 0 Å². The summed E-state index contributed by atoms with van der Waals surface area (Å²) in [7, 11) is 0. The Balaban J connectivity index is 2.20. The van der Waals surface area contributed by atoms with E-state index in [2.05, 4.69) is 31.1 Å². The summed E-state index contributed by atoms with van der Waals surface area (Å²) >= 11 is 0. The van der Waals surface area contributed by atoms with Gasteiger partial charge >= 0.3 is 0 Å². The molecule has 16 heavy (non-hydrogen) atoms. The van der Waals surface area contributed by atoms with Gasteiger partial charge in [0, 0.05) is 12.0 Å². The van der Waals surface area contributed by atoms with Crippen LogP contribution in [-0.4, -0.2) is 27.7 Å². The summed E-state index contributed by atoms with van der Waals surface area (Å²) in [4.78, 5) is 0. The topological polar surface area (TPSA) is 66.0 Å². The van der Waals surface area contributed by atoms with E-state index >= 15 is 0 Å². The third-order valence-electron chi connectivity index (χ3n) is 2.87. The molecule has 1 aliphatic rings. The summed E-state index contributed by atoms with van der Waals surface area (Å²) in [6, 6.07) is 0. The largest absolute Gasteiger partial charge is 0.381 e. The summed E-state index contributed by atoms with van der Waals surface area (Å²) in [5, 5.41) is 8.07. The van der Waals surface area contributed by atoms with Crippen molar-refractivity contribution in [3.63, 3.8) is 0 Å². The first-order valence-corrected chi connectivity index (χ1v) is 5.79. The molecule has 1 unspecified atom stereocenters. The highest BCUT2D eigenvalue weighted by Crippen LogP contribution is 2.27. The second-order valence-corrected chi connectivity index (χ2v) is 5.39. The number of rotatable bonds is 2. The molecule has 0 aliphatic carbocycles. The number of hydrogen-bond acceptors (Lipinski definition) is 4. The second-order valence-electron chi connectivity index (χ2n) is 5.39. The zero-order valence-electron chi connectivity index (χ0n) is 10.2. The van der Waals surface area contributed by atoms with Crippen molar-refractivity contribution in [2.75, 3.05) is 12.3 Å². The molecule has 0 bridgehead atoms. The lowest BCUT2D eigenvalue weighted by Crippen LogP contribution is -2.24. The fourth-order valence-electron chi connectivity index (χ4n) is 2.21. The molecule has 0 aromatic carbocycles. The van der Waals surface area contributed by atoms with E-state index in [1.807, 2.05) is 4.68 Å². The number of ether oxygens (including phenoxy) is 1. The predicted octanol–water partition coefficient (Wildman–Crippen LogP) is 1.34. The molecule has 0 radical (unpaired) electrons. The van der Waals surface area contributed by atoms with Gasteiger partial charge in [-0.3, -0.25) is 0 Å². The highest BCUT2D eigenvalue weighted by atomic mass is 16.5. The average molecular weight is 224 g/mol. The van der Waals surface area contributed by atoms with Crippen LogP contribution >= 0.6 is 0 Å². The van der Waals surface area contributed by atoms with Crippen molar-refractivity contribution in [2.45, 2.75) is 51.7 Å². The quantitative estimate of drug-likeness (QED) is 0.823. The molecule has 0 amide bonds. The Hall–Kier alpha value is -1.10. The average Bonchev–Trinajstić information content (AvgIpc) is 2.75. The minimum absolute atomic E-state index is 0.0355. The highest BCUT2D eigenvalue weighted by Gasteiger charge is 2.26. The van der Waals surface area contributed by atoms with E-state index in [1.165, 1.54) is 0 Å². The van der Waals surface area contributed by atoms with Gasteiger partial charge in [0.1, 0.15) is 0 Å². The first-order valence-electron chi connectivity index (χ1n) is 5.79. The maximum absolute atomic E-state index is 5.87. The minimum Gasteiger partial charge on any atom is -0.381 e. The van der Waals surface area contributed by atoms with Crippen molar-refractivity contribution in [2.24, 2.45) is 0 Å². The van der Waals surface area contributed by atoms with E-state index in [4.69, 9.17) is 10.5 Å². The maximum atomic E-state index is 5.87. The Bertz CT molecular complexity index is 361. The fourth-order valence-corrected chi connectivity index (χ4v) is 2.21. The van der Waals surface area contributed by atoms with Crippen molar-refractivity contribution in [1.29, 1.82) is 0 Å². The van der Waals surface area contributed by atoms with Crippen LogP contribution in [0.25, 0.3) is 0 Å². The van der Waals surface area contributed by atoms with Gasteiger partial charge in [-0.05, 0) is 12.8 Å². The van der Waals surface area contributed by atoms with E-state index < -0.39 is 0 Å². The number of hydrogen-bond donors (Lipinski definition) is 1. The van der Waals surface area contributed by atoms with E-state index in [1.54, 1.807) is 0 Å². The number of nitrogens with zero attached hydrogens (tertiary/aromatic N) is 3. The summed E-state index contributed by atoms with van der Waals surface area (Å²) in [6.45, 7) is 7.98. The minimum atomic E-state index is -0.0355. The van der Waals surface area contributed by atoms with Crippen molar-refractivity contribution in [3.8, 4) is 0 Å². The Labute approximate surface area is 96.0 Å². The third-order valence-corrected chi connectivity index (χ3v) is 2.87. The number of aromatic nitrogens is 3. The van der Waals surface area contributed by atoms with Crippen LogP contribution in [0.1, 0.15) is 39.3 Å². The fraction of sp³-hybridized carbons (Fsp3) is 0.818. The first kappa shape index (κ1) is 11.4. The Morgan fingerprint density at radius 2 is 2.25 bits per heavy atom. The highest BCUT2D eigenvalue weighted by molar-refractivity contribution is 5.37. The summed E-state index contributed by atoms with van der Waals surface area (Å²) in [6.07, 6.45) is 2.51. The molecule has 5 heteroatoms. The van der Waals surface area contributed by atoms with Crippen LogP contribution in [0.3, 0.4) is 0 Å². The molecule has 90 valence electrons. The monoisotopic (exact) mass is 224 g/mol. The normalized spacial score (nSPS) is 21.6. The molecule has 1 saturated heterocycles. The van der Waals surface area contributed by atoms with Gasteiger partial charge in [0.2, 0.25) is 0 Å². The van der Waals surface area contributed by atoms with Gasteiger partial charge in [0.05, 0.1) is 18.3 Å². The lowest BCUT2D eigenvalue weighted by Gasteiger charge is -2.21. The molecule has 1 fully saturated rings. The number of nitrogen functional groups attached to an aromatic ring is 1. The van der Waals surface area contributed by atoms with Gasteiger partial charge in [0.25, 0.3) is 0 Å². The van der Waals surface area contributed by atoms with Gasteiger partial charge in [-0.1, -0.05) is 26.0 Å². The molecular formula is C11H20N4O. The molecule has 2 heterocycles. The molecule has 1 atom stereocenters. The van der Waals surface area contributed by atoms with E-state index in [-0.39, 0.29) is 11.5 Å². The van der Waals surface area contributed by atoms with Gasteiger partial charge in [-0.2, -0.15) is 0 Å². The molecule has 1 aromatic rings. The van der Waals surface area contributed by atoms with E-state index in [0.29, 0.717) is 5.82 Å². The van der Waals surface area contributed by atoms with Crippen molar-refractivity contribution in [1.82, 2.24) is 15.0 Å². The summed E-state index contributed by atoms with van der Waals surface area (Å²) in [5.41, 5.74) is 6.83. The SMILES string of the molecule is CC(C)(C)c1c(N)nnn1CC1CCCO1. The Morgan fingerprint density at radius 3 is 2.81 bits per heavy atom. The summed E-state index contributed by atoms with van der Waals surface area (Å²) < 4.78 is 7.50. The van der Waals surface area contributed by atoms with Crippen LogP contribution in [0.4, 0.5) is 5.82 Å². The molecule has 2 rings (SSSR count). The van der Waals surface area contributed by atoms with Gasteiger partial charge in [-0.15, -0.1) is 5.10 Å². The van der Waals surface area contributed by atoms with Crippen molar-refractivity contribution >= 4 is 5.82 Å². The lowest BCUT2D eigenvalue weighted by atomic mass is 9.92. The van der Waals surface area contributed by atoms with Crippen LogP contribution in [0.5, 0.6) is 0 Å². The van der Waals surface area contributed by atoms with Crippen LogP contribution < -0.4 is 5.73 Å². The van der Waals surface area contributed by atoms with Crippen LogP contribution in [-0.2, 0) is 16.7 Å². The van der Waals surface area contributed by atoms with E-state index in [0.717, 1.165) is 31.7 Å². The number of anilines is 1. The predicted molar refractivity (Wildman–Crippen MR) is 62.1 cm³/mol. The third kappa shape index (κ3) is 2.19. The van der Waals surface area contributed by atoms with Gasteiger partial charge in [0.15, 0.2) is 5.82 Å².